The molecule has 0 aromatic heterocycles. The van der Waals surface area contributed by atoms with Crippen molar-refractivity contribution >= 4 is 36.2 Å². The SMILES string of the molecule is CN1CCN(c2ccc([N+](=O)[O-])cc2O)CC1.Cl.Cl. The lowest BCUT2D eigenvalue weighted by Crippen LogP contribution is -2.44. The Hall–Kier alpha value is -1.24. The fraction of sp³-hybridized carbons (Fsp3) is 0.455. The monoisotopic (exact) mass is 309 g/mol. The maximum atomic E-state index is 10.6. The summed E-state index contributed by atoms with van der Waals surface area (Å²) in [6.07, 6.45) is 0. The number of hydrogen-bond donors (Lipinski definition) is 1. The minimum absolute atomic E-state index is 0. The van der Waals surface area contributed by atoms with Gasteiger partial charge in [-0.1, -0.05) is 0 Å². The lowest BCUT2D eigenvalue weighted by Gasteiger charge is -2.34. The van der Waals surface area contributed by atoms with E-state index in [1.165, 1.54) is 12.1 Å². The average molecular weight is 310 g/mol. The minimum atomic E-state index is -0.506. The first-order valence-corrected chi connectivity index (χ1v) is 5.49. The molecular formula is C11H17Cl2N3O3. The molecule has 0 atom stereocenters. The topological polar surface area (TPSA) is 69.9 Å². The third-order valence-corrected chi connectivity index (χ3v) is 3.01. The highest BCUT2D eigenvalue weighted by atomic mass is 35.5. The number of non-ortho nitro benzene ring substituents is 1. The summed E-state index contributed by atoms with van der Waals surface area (Å²) in [5, 5.41) is 20.4. The molecule has 1 N–H and O–H groups in total. The number of benzene rings is 1. The normalized spacial score (nSPS) is 15.3. The van der Waals surface area contributed by atoms with Gasteiger partial charge in [-0.15, -0.1) is 24.8 Å². The Morgan fingerprint density at radius 3 is 2.26 bits per heavy atom. The van der Waals surface area contributed by atoms with Crippen LogP contribution in [0.5, 0.6) is 5.75 Å². The third-order valence-electron chi connectivity index (χ3n) is 3.01. The molecule has 0 saturated carbocycles. The summed E-state index contributed by atoms with van der Waals surface area (Å²) >= 11 is 0. The van der Waals surface area contributed by atoms with Gasteiger partial charge in [-0.2, -0.15) is 0 Å². The van der Waals surface area contributed by atoms with E-state index >= 15 is 0 Å². The van der Waals surface area contributed by atoms with Crippen LogP contribution >= 0.6 is 24.8 Å². The highest BCUT2D eigenvalue weighted by Gasteiger charge is 2.18. The minimum Gasteiger partial charge on any atom is -0.506 e. The number of halogens is 2. The summed E-state index contributed by atoms with van der Waals surface area (Å²) in [7, 11) is 2.05. The van der Waals surface area contributed by atoms with Crippen LogP contribution in [0.3, 0.4) is 0 Å². The molecule has 2 rings (SSSR count). The molecule has 1 aliphatic rings. The molecule has 1 heterocycles. The fourth-order valence-corrected chi connectivity index (χ4v) is 1.94. The second-order valence-corrected chi connectivity index (χ2v) is 4.22. The number of phenols is 1. The maximum absolute atomic E-state index is 10.6. The van der Waals surface area contributed by atoms with Crippen LogP contribution < -0.4 is 4.90 Å². The van der Waals surface area contributed by atoms with Gasteiger partial charge in [0.2, 0.25) is 0 Å². The van der Waals surface area contributed by atoms with Crippen LogP contribution in [0, 0.1) is 10.1 Å². The molecule has 0 unspecified atom stereocenters. The molecule has 0 amide bonds. The fourth-order valence-electron chi connectivity index (χ4n) is 1.94. The van der Waals surface area contributed by atoms with Crippen molar-refractivity contribution in [2.75, 3.05) is 38.1 Å². The van der Waals surface area contributed by atoms with Gasteiger partial charge in [0.25, 0.3) is 5.69 Å². The van der Waals surface area contributed by atoms with E-state index in [2.05, 4.69) is 4.90 Å². The summed E-state index contributed by atoms with van der Waals surface area (Å²) in [6, 6.07) is 4.24. The van der Waals surface area contributed by atoms with Gasteiger partial charge in [0.05, 0.1) is 16.7 Å². The zero-order valence-corrected chi connectivity index (χ0v) is 12.1. The lowest BCUT2D eigenvalue weighted by atomic mass is 10.2. The van der Waals surface area contributed by atoms with E-state index in [-0.39, 0.29) is 36.3 Å². The number of likely N-dealkylation sites (N-methyl/N-ethyl adjacent to an activating group) is 1. The van der Waals surface area contributed by atoms with E-state index in [1.54, 1.807) is 6.07 Å². The molecule has 0 radical (unpaired) electrons. The first-order chi connectivity index (χ1) is 8.08. The Bertz CT molecular complexity index is 437. The van der Waals surface area contributed by atoms with Crippen LogP contribution in [-0.4, -0.2) is 48.2 Å². The molecule has 19 heavy (non-hydrogen) atoms. The Morgan fingerprint density at radius 2 is 1.79 bits per heavy atom. The largest absolute Gasteiger partial charge is 0.506 e. The highest BCUT2D eigenvalue weighted by molar-refractivity contribution is 5.85. The number of nitro groups is 1. The molecular weight excluding hydrogens is 293 g/mol. The van der Waals surface area contributed by atoms with Crippen molar-refractivity contribution in [2.45, 2.75) is 0 Å². The zero-order chi connectivity index (χ0) is 12.4. The van der Waals surface area contributed by atoms with Crippen LogP contribution in [0.15, 0.2) is 18.2 Å². The maximum Gasteiger partial charge on any atom is 0.273 e. The molecule has 1 aliphatic heterocycles. The predicted molar refractivity (Wildman–Crippen MR) is 79.0 cm³/mol. The van der Waals surface area contributed by atoms with Crippen LogP contribution in [0.2, 0.25) is 0 Å². The molecule has 1 saturated heterocycles. The standard InChI is InChI=1S/C11H15N3O3.2ClH/c1-12-4-6-13(7-5-12)10-3-2-9(14(16)17)8-11(10)15;;/h2-3,8,15H,4-7H2,1H3;2*1H. The van der Waals surface area contributed by atoms with Gasteiger partial charge in [0.15, 0.2) is 0 Å². The van der Waals surface area contributed by atoms with E-state index < -0.39 is 4.92 Å². The van der Waals surface area contributed by atoms with Crippen LogP contribution in [0.1, 0.15) is 0 Å². The van der Waals surface area contributed by atoms with Crippen molar-refractivity contribution in [3.05, 3.63) is 28.3 Å². The number of aromatic hydroxyl groups is 1. The van der Waals surface area contributed by atoms with E-state index in [9.17, 15) is 15.2 Å². The molecule has 0 aliphatic carbocycles. The smallest absolute Gasteiger partial charge is 0.273 e. The van der Waals surface area contributed by atoms with Crippen LogP contribution in [-0.2, 0) is 0 Å². The molecule has 8 heteroatoms. The Labute approximate surface area is 124 Å². The van der Waals surface area contributed by atoms with E-state index in [0.717, 1.165) is 26.2 Å². The molecule has 1 fully saturated rings. The average Bonchev–Trinajstić information content (AvgIpc) is 2.30. The second kappa shape index (κ2) is 7.37. The first-order valence-electron chi connectivity index (χ1n) is 5.49. The van der Waals surface area contributed by atoms with Crippen LogP contribution in [0.4, 0.5) is 11.4 Å². The van der Waals surface area contributed by atoms with Gasteiger partial charge in [-0.05, 0) is 13.1 Å². The third kappa shape index (κ3) is 4.12. The quantitative estimate of drug-likeness (QED) is 0.667. The molecule has 1 aromatic rings. The van der Waals surface area contributed by atoms with Crippen molar-refractivity contribution in [3.63, 3.8) is 0 Å². The van der Waals surface area contributed by atoms with Crippen molar-refractivity contribution in [3.8, 4) is 5.75 Å². The summed E-state index contributed by atoms with van der Waals surface area (Å²) < 4.78 is 0. The van der Waals surface area contributed by atoms with Gasteiger partial charge < -0.3 is 14.9 Å². The molecule has 6 nitrogen and oxygen atoms in total. The summed E-state index contributed by atoms with van der Waals surface area (Å²) in [5.41, 5.74) is 0.587. The Morgan fingerprint density at radius 1 is 1.21 bits per heavy atom. The van der Waals surface area contributed by atoms with E-state index in [4.69, 9.17) is 0 Å². The summed E-state index contributed by atoms with van der Waals surface area (Å²) in [5.74, 6) is -0.0243. The molecule has 0 spiro atoms. The number of hydrogen-bond acceptors (Lipinski definition) is 5. The highest BCUT2D eigenvalue weighted by Crippen LogP contribution is 2.31. The van der Waals surface area contributed by atoms with Gasteiger partial charge in [0.1, 0.15) is 5.75 Å². The number of nitrogens with zero attached hydrogens (tertiary/aromatic N) is 3. The Kier molecular flexibility index (Phi) is 6.89. The summed E-state index contributed by atoms with van der Waals surface area (Å²) in [4.78, 5) is 14.3. The van der Waals surface area contributed by atoms with Gasteiger partial charge in [-0.3, -0.25) is 10.1 Å². The zero-order valence-electron chi connectivity index (χ0n) is 10.5. The van der Waals surface area contributed by atoms with Gasteiger partial charge >= 0.3 is 0 Å². The molecule has 1 aromatic carbocycles. The van der Waals surface area contributed by atoms with Gasteiger partial charge in [-0.25, -0.2) is 0 Å². The number of nitro benzene ring substituents is 1. The molecule has 0 bridgehead atoms. The number of phenolic OH excluding ortho intramolecular Hbond substituents is 1. The number of rotatable bonds is 2. The first kappa shape index (κ1) is 17.8. The molecule has 108 valence electrons. The second-order valence-electron chi connectivity index (χ2n) is 4.22. The number of anilines is 1. The number of piperazine rings is 1. The van der Waals surface area contributed by atoms with Crippen molar-refractivity contribution in [2.24, 2.45) is 0 Å². The van der Waals surface area contributed by atoms with Crippen molar-refractivity contribution < 1.29 is 10.0 Å². The van der Waals surface area contributed by atoms with Crippen molar-refractivity contribution in [1.82, 2.24) is 4.90 Å². The lowest BCUT2D eigenvalue weighted by molar-refractivity contribution is -0.384. The van der Waals surface area contributed by atoms with Crippen LogP contribution in [0.25, 0.3) is 0 Å². The Balaban J connectivity index is 0.00000162. The van der Waals surface area contributed by atoms with Crippen molar-refractivity contribution in [1.29, 1.82) is 0 Å². The van der Waals surface area contributed by atoms with E-state index in [1.807, 2.05) is 11.9 Å². The predicted octanol–water partition coefficient (Wildman–Crippen LogP) is 1.90. The van der Waals surface area contributed by atoms with Gasteiger partial charge in [0, 0.05) is 32.2 Å². The van der Waals surface area contributed by atoms with E-state index in [0.29, 0.717) is 5.69 Å². The summed E-state index contributed by atoms with van der Waals surface area (Å²) in [6.45, 7) is 3.50.